The van der Waals surface area contributed by atoms with Crippen molar-refractivity contribution in [2.24, 2.45) is 5.73 Å². The first-order valence-corrected chi connectivity index (χ1v) is 8.60. The standard InChI is InChI=1S/C18H27N3O2.2ClH/c19-18(8-11-23-12-9-18)17(22)20-16-7-4-10-21(14-16)13-15-5-2-1-3-6-15;;/h1-3,5-6,16H,4,7-14,19H2,(H,20,22);2*1H. The third-order valence-electron chi connectivity index (χ3n) is 4.93. The molecule has 0 spiro atoms. The number of nitrogens with two attached hydrogens (primary N) is 1. The molecule has 1 aromatic rings. The van der Waals surface area contributed by atoms with Crippen LogP contribution in [-0.2, 0) is 16.1 Å². The minimum atomic E-state index is -0.750. The summed E-state index contributed by atoms with van der Waals surface area (Å²) in [5.74, 6) is -0.00707. The van der Waals surface area contributed by atoms with Crippen LogP contribution in [-0.4, -0.2) is 48.7 Å². The monoisotopic (exact) mass is 389 g/mol. The van der Waals surface area contributed by atoms with Crippen molar-refractivity contribution in [2.45, 2.75) is 43.8 Å². The van der Waals surface area contributed by atoms with Crippen LogP contribution in [0.3, 0.4) is 0 Å². The van der Waals surface area contributed by atoms with Gasteiger partial charge in [-0.3, -0.25) is 9.69 Å². The molecule has 1 amide bonds. The quantitative estimate of drug-likeness (QED) is 0.827. The molecular formula is C18H29Cl2N3O2. The lowest BCUT2D eigenvalue weighted by molar-refractivity contribution is -0.130. The molecule has 0 aromatic heterocycles. The van der Waals surface area contributed by atoms with Crippen molar-refractivity contribution < 1.29 is 9.53 Å². The number of amides is 1. The summed E-state index contributed by atoms with van der Waals surface area (Å²) in [6.07, 6.45) is 3.36. The van der Waals surface area contributed by atoms with Crippen molar-refractivity contribution in [3.8, 4) is 0 Å². The number of hydrogen-bond acceptors (Lipinski definition) is 4. The summed E-state index contributed by atoms with van der Waals surface area (Å²) in [5.41, 5.74) is 6.84. The fourth-order valence-electron chi connectivity index (χ4n) is 3.45. The number of carbonyl (C=O) groups is 1. The van der Waals surface area contributed by atoms with Gasteiger partial charge in [-0.05, 0) is 37.8 Å². The van der Waals surface area contributed by atoms with E-state index >= 15 is 0 Å². The zero-order valence-electron chi connectivity index (χ0n) is 14.5. The highest BCUT2D eigenvalue weighted by Gasteiger charge is 2.37. The van der Waals surface area contributed by atoms with Gasteiger partial charge in [0, 0.05) is 32.3 Å². The summed E-state index contributed by atoms with van der Waals surface area (Å²) in [6, 6.07) is 10.7. The highest BCUT2D eigenvalue weighted by atomic mass is 35.5. The van der Waals surface area contributed by atoms with Gasteiger partial charge in [0.25, 0.3) is 0 Å². The Morgan fingerprint density at radius 3 is 2.60 bits per heavy atom. The summed E-state index contributed by atoms with van der Waals surface area (Å²) in [6.45, 7) is 4.08. The predicted molar refractivity (Wildman–Crippen MR) is 104 cm³/mol. The molecule has 1 unspecified atom stereocenters. The van der Waals surface area contributed by atoms with Crippen LogP contribution >= 0.6 is 24.8 Å². The van der Waals surface area contributed by atoms with E-state index in [1.807, 2.05) is 6.07 Å². The largest absolute Gasteiger partial charge is 0.381 e. The third-order valence-corrected chi connectivity index (χ3v) is 4.93. The second kappa shape index (κ2) is 10.3. The Labute approximate surface area is 162 Å². The molecular weight excluding hydrogens is 361 g/mol. The smallest absolute Gasteiger partial charge is 0.240 e. The average Bonchev–Trinajstić information content (AvgIpc) is 2.57. The molecule has 1 aromatic carbocycles. The molecule has 2 aliphatic rings. The van der Waals surface area contributed by atoms with Crippen LogP contribution < -0.4 is 11.1 Å². The minimum absolute atomic E-state index is 0. The molecule has 7 heteroatoms. The molecule has 1 atom stereocenters. The van der Waals surface area contributed by atoms with Crippen molar-refractivity contribution in [3.63, 3.8) is 0 Å². The molecule has 0 radical (unpaired) electrons. The second-order valence-electron chi connectivity index (χ2n) is 6.80. The summed E-state index contributed by atoms with van der Waals surface area (Å²) in [5, 5.41) is 3.18. The molecule has 0 saturated carbocycles. The number of halogens is 2. The summed E-state index contributed by atoms with van der Waals surface area (Å²) < 4.78 is 5.32. The van der Waals surface area contributed by atoms with Gasteiger partial charge in [-0.1, -0.05) is 30.3 Å². The van der Waals surface area contributed by atoms with Crippen molar-refractivity contribution in [3.05, 3.63) is 35.9 Å². The van der Waals surface area contributed by atoms with Crippen molar-refractivity contribution >= 4 is 30.7 Å². The number of nitrogens with zero attached hydrogens (tertiary/aromatic N) is 1. The lowest BCUT2D eigenvalue weighted by atomic mass is 9.89. The molecule has 3 rings (SSSR count). The molecule has 5 nitrogen and oxygen atoms in total. The van der Waals surface area contributed by atoms with E-state index < -0.39 is 5.54 Å². The Bertz CT molecular complexity index is 524. The Morgan fingerprint density at radius 1 is 1.24 bits per heavy atom. The van der Waals surface area contributed by atoms with Crippen LogP contribution in [0.4, 0.5) is 0 Å². The van der Waals surface area contributed by atoms with Gasteiger partial charge in [-0.25, -0.2) is 0 Å². The number of carbonyl (C=O) groups excluding carboxylic acids is 1. The second-order valence-corrected chi connectivity index (χ2v) is 6.80. The van der Waals surface area contributed by atoms with Gasteiger partial charge in [0.1, 0.15) is 0 Å². The van der Waals surface area contributed by atoms with E-state index in [1.54, 1.807) is 0 Å². The van der Waals surface area contributed by atoms with E-state index in [0.717, 1.165) is 32.5 Å². The van der Waals surface area contributed by atoms with Crippen LogP contribution in [0.2, 0.25) is 0 Å². The van der Waals surface area contributed by atoms with E-state index in [1.165, 1.54) is 5.56 Å². The van der Waals surface area contributed by atoms with Crippen LogP contribution in [0, 0.1) is 0 Å². The van der Waals surface area contributed by atoms with E-state index in [0.29, 0.717) is 26.1 Å². The number of piperidine rings is 1. The first-order chi connectivity index (χ1) is 11.2. The molecule has 2 aliphatic heterocycles. The highest BCUT2D eigenvalue weighted by Crippen LogP contribution is 2.19. The minimum Gasteiger partial charge on any atom is -0.381 e. The van der Waals surface area contributed by atoms with Crippen LogP contribution in [0.25, 0.3) is 0 Å². The number of ether oxygens (including phenoxy) is 1. The fraction of sp³-hybridized carbons (Fsp3) is 0.611. The van der Waals surface area contributed by atoms with E-state index in [2.05, 4.69) is 34.5 Å². The molecule has 2 heterocycles. The molecule has 2 fully saturated rings. The molecule has 2 saturated heterocycles. The van der Waals surface area contributed by atoms with Crippen molar-refractivity contribution in [1.29, 1.82) is 0 Å². The average molecular weight is 390 g/mol. The lowest BCUT2D eigenvalue weighted by Crippen LogP contribution is -2.60. The van der Waals surface area contributed by atoms with Gasteiger partial charge in [0.2, 0.25) is 5.91 Å². The molecule has 142 valence electrons. The predicted octanol–water partition coefficient (Wildman–Crippen LogP) is 2.12. The topological polar surface area (TPSA) is 67.6 Å². The maximum absolute atomic E-state index is 12.5. The first kappa shape index (κ1) is 22.2. The summed E-state index contributed by atoms with van der Waals surface area (Å²) >= 11 is 0. The fourth-order valence-corrected chi connectivity index (χ4v) is 3.45. The Balaban J connectivity index is 0.00000156. The third kappa shape index (κ3) is 6.12. The normalized spacial score (nSPS) is 23.0. The van der Waals surface area contributed by atoms with E-state index in [9.17, 15) is 4.79 Å². The maximum Gasteiger partial charge on any atom is 0.240 e. The van der Waals surface area contributed by atoms with Crippen molar-refractivity contribution in [2.75, 3.05) is 26.3 Å². The molecule has 0 aliphatic carbocycles. The van der Waals surface area contributed by atoms with Gasteiger partial charge in [0.05, 0.1) is 5.54 Å². The maximum atomic E-state index is 12.5. The SMILES string of the molecule is Cl.Cl.NC1(C(=O)NC2CCCN(Cc3ccccc3)C2)CCOCC1. The zero-order valence-corrected chi connectivity index (χ0v) is 16.1. The molecule has 25 heavy (non-hydrogen) atoms. The zero-order chi connectivity index (χ0) is 16.1. The Morgan fingerprint density at radius 2 is 1.92 bits per heavy atom. The Hall–Kier alpha value is -0.850. The Kier molecular flexibility index (Phi) is 9.17. The number of likely N-dealkylation sites (tertiary alicyclic amines) is 1. The van der Waals surface area contributed by atoms with E-state index in [4.69, 9.17) is 10.5 Å². The number of nitrogens with one attached hydrogen (secondary N) is 1. The van der Waals surface area contributed by atoms with Crippen LogP contribution in [0.15, 0.2) is 30.3 Å². The first-order valence-electron chi connectivity index (χ1n) is 8.60. The van der Waals surface area contributed by atoms with Gasteiger partial charge < -0.3 is 15.8 Å². The van der Waals surface area contributed by atoms with Crippen molar-refractivity contribution in [1.82, 2.24) is 10.2 Å². The number of hydrogen-bond donors (Lipinski definition) is 2. The van der Waals surface area contributed by atoms with E-state index in [-0.39, 0.29) is 36.8 Å². The summed E-state index contributed by atoms with van der Waals surface area (Å²) in [4.78, 5) is 15.0. The summed E-state index contributed by atoms with van der Waals surface area (Å²) in [7, 11) is 0. The number of rotatable bonds is 4. The van der Waals surface area contributed by atoms with Gasteiger partial charge >= 0.3 is 0 Å². The molecule has 0 bridgehead atoms. The highest BCUT2D eigenvalue weighted by molar-refractivity contribution is 5.86. The van der Waals surface area contributed by atoms with Crippen LogP contribution in [0.5, 0.6) is 0 Å². The van der Waals surface area contributed by atoms with Gasteiger partial charge in [-0.15, -0.1) is 24.8 Å². The van der Waals surface area contributed by atoms with Gasteiger partial charge in [0.15, 0.2) is 0 Å². The molecule has 3 N–H and O–H groups in total. The number of benzene rings is 1. The van der Waals surface area contributed by atoms with Gasteiger partial charge in [-0.2, -0.15) is 0 Å². The van der Waals surface area contributed by atoms with Crippen LogP contribution in [0.1, 0.15) is 31.2 Å². The lowest BCUT2D eigenvalue weighted by Gasteiger charge is -2.37.